The average molecular weight is 455 g/mol. The smallest absolute Gasteiger partial charge is 0.271 e. The summed E-state index contributed by atoms with van der Waals surface area (Å²) < 4.78 is 7.56. The Hall–Kier alpha value is -2.28. The van der Waals surface area contributed by atoms with E-state index in [4.69, 9.17) is 4.42 Å². The minimum atomic E-state index is -0.916. The first-order valence-electron chi connectivity index (χ1n) is 13.0. The number of carbonyl (C=O) groups excluding carboxylic acids is 2. The third-order valence-electron chi connectivity index (χ3n) is 8.03. The first-order valence-corrected chi connectivity index (χ1v) is 13.0. The van der Waals surface area contributed by atoms with Crippen molar-refractivity contribution in [2.45, 2.75) is 89.3 Å². The molecule has 0 spiro atoms. The molecule has 1 saturated heterocycles. The van der Waals surface area contributed by atoms with Crippen molar-refractivity contribution in [1.82, 2.24) is 19.7 Å². The fourth-order valence-corrected chi connectivity index (χ4v) is 6.02. The lowest BCUT2D eigenvalue weighted by Crippen LogP contribution is -2.65. The van der Waals surface area contributed by atoms with Crippen LogP contribution < -0.4 is 5.32 Å². The summed E-state index contributed by atoms with van der Waals surface area (Å²) in [4.78, 5) is 31.8. The molecule has 1 saturated carbocycles. The molecule has 2 aromatic heterocycles. The van der Waals surface area contributed by atoms with Gasteiger partial charge in [-0.25, -0.2) is 0 Å². The quantitative estimate of drug-likeness (QED) is 0.711. The van der Waals surface area contributed by atoms with Crippen LogP contribution in [-0.4, -0.2) is 63.9 Å². The van der Waals surface area contributed by atoms with Crippen molar-refractivity contribution < 1.29 is 14.0 Å². The van der Waals surface area contributed by atoms with Gasteiger partial charge in [-0.2, -0.15) is 0 Å². The third-order valence-corrected chi connectivity index (χ3v) is 8.03. The number of amides is 2. The lowest BCUT2D eigenvalue weighted by molar-refractivity contribution is -0.133. The summed E-state index contributed by atoms with van der Waals surface area (Å²) in [7, 11) is 0. The van der Waals surface area contributed by atoms with Gasteiger partial charge in [-0.3, -0.25) is 9.59 Å². The molecule has 1 aliphatic carbocycles. The highest BCUT2D eigenvalue weighted by molar-refractivity contribution is 6.02. The number of fused-ring (bicyclic) bond motifs is 3. The van der Waals surface area contributed by atoms with Crippen LogP contribution in [0.3, 0.4) is 0 Å². The van der Waals surface area contributed by atoms with Crippen LogP contribution in [0.1, 0.15) is 81.6 Å². The van der Waals surface area contributed by atoms with Crippen molar-refractivity contribution in [3.63, 3.8) is 0 Å². The molecular formula is C26H38N4O3. The van der Waals surface area contributed by atoms with E-state index in [1.807, 2.05) is 28.5 Å². The van der Waals surface area contributed by atoms with E-state index < -0.39 is 5.54 Å². The largest absolute Gasteiger partial charge is 0.463 e. The fraction of sp³-hybridized carbons (Fsp3) is 0.692. The first-order chi connectivity index (χ1) is 16.1. The maximum atomic E-state index is 13.8. The summed E-state index contributed by atoms with van der Waals surface area (Å²) in [5, 5.41) is 3.36. The Bertz CT molecular complexity index is 981. The number of hydrogen-bond donors (Lipinski definition) is 1. The lowest BCUT2D eigenvalue weighted by Gasteiger charge is -2.45. The van der Waals surface area contributed by atoms with Crippen molar-refractivity contribution in [1.29, 1.82) is 0 Å². The van der Waals surface area contributed by atoms with E-state index in [0.29, 0.717) is 24.4 Å². The second-order valence-corrected chi connectivity index (χ2v) is 10.4. The number of nitrogens with zero attached hydrogens (tertiary/aromatic N) is 3. The van der Waals surface area contributed by atoms with E-state index in [1.165, 1.54) is 32.1 Å². The Balaban J connectivity index is 1.38. The molecule has 180 valence electrons. The van der Waals surface area contributed by atoms with Crippen LogP contribution in [0.5, 0.6) is 0 Å². The van der Waals surface area contributed by atoms with E-state index in [2.05, 4.69) is 10.2 Å². The Labute approximate surface area is 196 Å². The maximum Gasteiger partial charge on any atom is 0.271 e. The molecule has 1 N–H and O–H groups in total. The van der Waals surface area contributed by atoms with Gasteiger partial charge in [0.2, 0.25) is 5.91 Å². The van der Waals surface area contributed by atoms with Gasteiger partial charge in [0.05, 0.1) is 18.3 Å². The number of carbonyl (C=O) groups is 2. The van der Waals surface area contributed by atoms with Crippen LogP contribution in [-0.2, 0) is 11.3 Å². The molecule has 0 unspecified atom stereocenters. The van der Waals surface area contributed by atoms with Gasteiger partial charge in [0, 0.05) is 24.7 Å². The summed E-state index contributed by atoms with van der Waals surface area (Å²) in [5.41, 5.74) is 1.31. The van der Waals surface area contributed by atoms with E-state index >= 15 is 0 Å². The molecule has 3 aliphatic rings. The van der Waals surface area contributed by atoms with Crippen molar-refractivity contribution >= 4 is 22.9 Å². The van der Waals surface area contributed by atoms with E-state index in [0.717, 1.165) is 57.3 Å². The molecule has 0 aromatic carbocycles. The molecule has 7 nitrogen and oxygen atoms in total. The number of rotatable bonds is 6. The zero-order valence-electron chi connectivity index (χ0n) is 20.0. The summed E-state index contributed by atoms with van der Waals surface area (Å²) in [6, 6.07) is 3.93. The minimum Gasteiger partial charge on any atom is -0.463 e. The van der Waals surface area contributed by atoms with Crippen molar-refractivity contribution in [2.75, 3.05) is 26.2 Å². The zero-order valence-corrected chi connectivity index (χ0v) is 20.0. The van der Waals surface area contributed by atoms with Crippen molar-refractivity contribution in [2.24, 2.45) is 0 Å². The first kappa shape index (κ1) is 22.5. The number of likely N-dealkylation sites (tertiary alicyclic amines) is 1. The lowest BCUT2D eigenvalue weighted by atomic mass is 9.92. The van der Waals surface area contributed by atoms with Gasteiger partial charge in [0.25, 0.3) is 5.91 Å². The molecule has 2 aliphatic heterocycles. The predicted molar refractivity (Wildman–Crippen MR) is 128 cm³/mol. The number of hydrogen-bond acceptors (Lipinski definition) is 4. The van der Waals surface area contributed by atoms with Crippen LogP contribution in [0.4, 0.5) is 0 Å². The number of aromatic nitrogens is 1. The van der Waals surface area contributed by atoms with Gasteiger partial charge in [-0.15, -0.1) is 0 Å². The summed E-state index contributed by atoms with van der Waals surface area (Å²) in [6.07, 6.45) is 13.2. The van der Waals surface area contributed by atoms with Crippen LogP contribution in [0.25, 0.3) is 11.1 Å². The Morgan fingerprint density at radius 2 is 1.82 bits per heavy atom. The summed E-state index contributed by atoms with van der Waals surface area (Å²) in [5.74, 6) is -0.0806. The third kappa shape index (κ3) is 4.44. The Morgan fingerprint density at radius 3 is 2.58 bits per heavy atom. The molecule has 4 heterocycles. The number of furan rings is 1. The second kappa shape index (κ2) is 9.53. The van der Waals surface area contributed by atoms with Crippen LogP contribution in [0.15, 0.2) is 22.8 Å². The SMILES string of the molecule is C[C@]1(C(=O)NC2CCCCCCC2)Cn2c(cc3occc32)C(=O)N1CCCN1CCCC1. The van der Waals surface area contributed by atoms with E-state index in [9.17, 15) is 9.59 Å². The topological polar surface area (TPSA) is 70.7 Å². The van der Waals surface area contributed by atoms with Crippen LogP contribution >= 0.6 is 0 Å². The predicted octanol–water partition coefficient (Wildman–Crippen LogP) is 4.16. The molecule has 2 amide bonds. The number of nitrogens with one attached hydrogen (secondary N) is 1. The highest BCUT2D eigenvalue weighted by Gasteiger charge is 2.48. The van der Waals surface area contributed by atoms with Gasteiger partial charge in [-0.05, 0) is 58.7 Å². The molecule has 5 rings (SSSR count). The van der Waals surface area contributed by atoms with E-state index in [1.54, 1.807) is 6.26 Å². The minimum absolute atomic E-state index is 0.0152. The molecule has 2 aromatic rings. The Morgan fingerprint density at radius 1 is 1.09 bits per heavy atom. The highest BCUT2D eigenvalue weighted by Crippen LogP contribution is 2.33. The molecule has 33 heavy (non-hydrogen) atoms. The van der Waals surface area contributed by atoms with Crippen molar-refractivity contribution in [3.05, 3.63) is 24.1 Å². The monoisotopic (exact) mass is 454 g/mol. The van der Waals surface area contributed by atoms with Gasteiger partial charge in [-0.1, -0.05) is 32.1 Å². The molecular weight excluding hydrogens is 416 g/mol. The van der Waals surface area contributed by atoms with Crippen LogP contribution in [0.2, 0.25) is 0 Å². The molecule has 2 fully saturated rings. The Kier molecular flexibility index (Phi) is 6.50. The molecule has 7 heteroatoms. The van der Waals surface area contributed by atoms with Crippen molar-refractivity contribution in [3.8, 4) is 0 Å². The standard InChI is InChI=1S/C26H38N4O3/c1-26(25(32)27-20-10-5-3-2-4-6-11-20)19-29-21-12-17-33-23(21)18-22(29)24(31)30(26)16-9-15-28-13-7-8-14-28/h12,17-18,20H,2-11,13-16,19H2,1H3,(H,27,32)/t26-/m1/s1. The average Bonchev–Trinajstić information content (AvgIpc) is 3.51. The van der Waals surface area contributed by atoms with Gasteiger partial charge < -0.3 is 24.1 Å². The maximum absolute atomic E-state index is 13.8. The van der Waals surface area contributed by atoms with Crippen LogP contribution in [0, 0.1) is 0 Å². The highest BCUT2D eigenvalue weighted by atomic mass is 16.3. The molecule has 0 radical (unpaired) electrons. The van der Waals surface area contributed by atoms with Gasteiger partial charge in [0.1, 0.15) is 11.2 Å². The summed E-state index contributed by atoms with van der Waals surface area (Å²) in [6.45, 7) is 6.27. The van der Waals surface area contributed by atoms with Gasteiger partial charge in [0.15, 0.2) is 5.58 Å². The molecule has 0 bridgehead atoms. The fourth-order valence-electron chi connectivity index (χ4n) is 6.02. The van der Waals surface area contributed by atoms with Gasteiger partial charge >= 0.3 is 0 Å². The summed E-state index contributed by atoms with van der Waals surface area (Å²) >= 11 is 0. The normalized spacial score (nSPS) is 25.2. The van der Waals surface area contributed by atoms with E-state index in [-0.39, 0.29) is 17.9 Å². The zero-order chi connectivity index (χ0) is 22.8. The molecule has 1 atom stereocenters. The second-order valence-electron chi connectivity index (χ2n) is 10.4.